The minimum absolute atomic E-state index is 0.546. The standard InChI is InChI=1S/C28H30N2O4P2/c1-3-24-35(31-25-16-8-4-9-17-25,32-26-18-10-5-11-19-26)30-36(29-2,33-27-20-12-6-13-21-27)34-28-22-14-7-15-23-28/h4-23H,3,24H2,1-2H3. The monoisotopic (exact) mass is 520 g/mol. The number of nitrogens with zero attached hydrogens (tertiary/aromatic N) is 2. The van der Waals surface area contributed by atoms with Gasteiger partial charge >= 0.3 is 15.2 Å². The van der Waals surface area contributed by atoms with Crippen molar-refractivity contribution in [1.29, 1.82) is 0 Å². The molecule has 0 saturated heterocycles. The molecule has 186 valence electrons. The topological polar surface area (TPSA) is 61.6 Å². The highest BCUT2D eigenvalue weighted by Gasteiger charge is 2.35. The zero-order valence-corrected chi connectivity index (χ0v) is 22.2. The summed E-state index contributed by atoms with van der Waals surface area (Å²) in [7, 11) is -4.66. The minimum atomic E-state index is -3.30. The number of hydrogen-bond donors (Lipinski definition) is 0. The summed E-state index contributed by atoms with van der Waals surface area (Å²) in [5.74, 6) is 2.52. The quantitative estimate of drug-likeness (QED) is 0.185. The van der Waals surface area contributed by atoms with Crippen molar-refractivity contribution >= 4 is 15.2 Å². The van der Waals surface area contributed by atoms with Crippen LogP contribution in [-0.2, 0) is 0 Å². The van der Waals surface area contributed by atoms with Crippen molar-refractivity contribution < 1.29 is 18.1 Å². The van der Waals surface area contributed by atoms with E-state index < -0.39 is 15.2 Å². The Labute approximate surface area is 213 Å². The van der Waals surface area contributed by atoms with Gasteiger partial charge in [0, 0.05) is 7.05 Å². The van der Waals surface area contributed by atoms with Gasteiger partial charge in [-0.05, 0) is 55.0 Å². The van der Waals surface area contributed by atoms with Gasteiger partial charge in [-0.25, -0.2) is 4.74 Å². The van der Waals surface area contributed by atoms with Crippen LogP contribution in [0, 0.1) is 0 Å². The van der Waals surface area contributed by atoms with Gasteiger partial charge in [0.05, 0.1) is 6.16 Å². The first kappa shape index (κ1) is 25.6. The van der Waals surface area contributed by atoms with Crippen molar-refractivity contribution in [2.75, 3.05) is 13.2 Å². The average Bonchev–Trinajstić information content (AvgIpc) is 2.91. The maximum absolute atomic E-state index is 6.61. The Morgan fingerprint density at radius 1 is 0.528 bits per heavy atom. The van der Waals surface area contributed by atoms with Gasteiger partial charge < -0.3 is 18.1 Å². The van der Waals surface area contributed by atoms with Crippen LogP contribution in [0.5, 0.6) is 23.0 Å². The van der Waals surface area contributed by atoms with E-state index in [1.165, 1.54) is 0 Å². The lowest BCUT2D eigenvalue weighted by Gasteiger charge is -2.29. The summed E-state index contributed by atoms with van der Waals surface area (Å²) < 4.78 is 36.0. The Morgan fingerprint density at radius 2 is 0.861 bits per heavy atom. The van der Waals surface area contributed by atoms with E-state index in [4.69, 9.17) is 22.6 Å². The highest BCUT2D eigenvalue weighted by molar-refractivity contribution is 7.68. The fourth-order valence-corrected chi connectivity index (χ4v) is 8.67. The molecule has 36 heavy (non-hydrogen) atoms. The van der Waals surface area contributed by atoms with Gasteiger partial charge in [-0.15, -0.1) is 4.52 Å². The molecule has 0 radical (unpaired) electrons. The Hall–Kier alpha value is -3.46. The molecule has 4 rings (SSSR count). The molecule has 0 unspecified atom stereocenters. The number of hydrogen-bond acceptors (Lipinski definition) is 5. The maximum Gasteiger partial charge on any atom is 0.448 e. The summed E-state index contributed by atoms with van der Waals surface area (Å²) in [6.07, 6.45) is 1.32. The Kier molecular flexibility index (Phi) is 8.89. The van der Waals surface area contributed by atoms with E-state index >= 15 is 0 Å². The molecule has 4 aromatic carbocycles. The lowest BCUT2D eigenvalue weighted by Crippen LogP contribution is -2.08. The second kappa shape index (κ2) is 12.5. The van der Waals surface area contributed by atoms with Crippen molar-refractivity contribution in [3.8, 4) is 23.0 Å². The zero-order chi connectivity index (χ0) is 25.1. The van der Waals surface area contributed by atoms with E-state index in [0.717, 1.165) is 6.42 Å². The summed E-state index contributed by atoms with van der Waals surface area (Å²) in [5, 5.41) is 0. The molecule has 8 heteroatoms. The van der Waals surface area contributed by atoms with Gasteiger partial charge in [-0.1, -0.05) is 79.7 Å². The molecule has 0 atom stereocenters. The van der Waals surface area contributed by atoms with Crippen molar-refractivity contribution in [2.24, 2.45) is 9.26 Å². The molecule has 0 aliphatic carbocycles. The van der Waals surface area contributed by atoms with Crippen molar-refractivity contribution in [3.63, 3.8) is 0 Å². The molecule has 0 saturated carbocycles. The predicted molar refractivity (Wildman–Crippen MR) is 148 cm³/mol. The third kappa shape index (κ3) is 7.04. The third-order valence-electron chi connectivity index (χ3n) is 4.93. The Balaban J connectivity index is 1.90. The molecule has 0 spiro atoms. The first-order valence-corrected chi connectivity index (χ1v) is 15.1. The molecule has 0 heterocycles. The average molecular weight is 521 g/mol. The molecular weight excluding hydrogens is 490 g/mol. The molecule has 0 aliphatic heterocycles. The molecule has 0 amide bonds. The van der Waals surface area contributed by atoms with Crippen LogP contribution < -0.4 is 18.1 Å². The smallest absolute Gasteiger partial charge is 0.430 e. The Morgan fingerprint density at radius 3 is 1.17 bits per heavy atom. The van der Waals surface area contributed by atoms with Crippen LogP contribution in [0.4, 0.5) is 0 Å². The highest BCUT2D eigenvalue weighted by Crippen LogP contribution is 2.65. The van der Waals surface area contributed by atoms with Crippen molar-refractivity contribution in [1.82, 2.24) is 0 Å². The van der Waals surface area contributed by atoms with Gasteiger partial charge in [-0.2, -0.15) is 0 Å². The van der Waals surface area contributed by atoms with Gasteiger partial charge in [0.1, 0.15) is 23.0 Å². The van der Waals surface area contributed by atoms with Crippen LogP contribution in [-0.4, -0.2) is 13.2 Å². The van der Waals surface area contributed by atoms with Crippen LogP contribution in [0.1, 0.15) is 13.3 Å². The van der Waals surface area contributed by atoms with E-state index in [0.29, 0.717) is 29.2 Å². The fourth-order valence-electron chi connectivity index (χ4n) is 3.35. The van der Waals surface area contributed by atoms with Gasteiger partial charge in [0.2, 0.25) is 0 Å². The van der Waals surface area contributed by atoms with Crippen molar-refractivity contribution in [3.05, 3.63) is 121 Å². The Bertz CT molecular complexity index is 1230. The lowest BCUT2D eigenvalue weighted by molar-refractivity contribution is 0.458. The molecule has 0 bridgehead atoms. The van der Waals surface area contributed by atoms with Gasteiger partial charge in [-0.3, -0.25) is 0 Å². The molecule has 0 aromatic heterocycles. The second-order valence-corrected chi connectivity index (χ2v) is 12.3. The molecule has 6 nitrogen and oxygen atoms in total. The van der Waals surface area contributed by atoms with E-state index in [1.807, 2.05) is 121 Å². The van der Waals surface area contributed by atoms with E-state index in [-0.39, 0.29) is 0 Å². The number of benzene rings is 4. The van der Waals surface area contributed by atoms with Crippen LogP contribution in [0.2, 0.25) is 0 Å². The molecular formula is C28H30N2O4P2. The summed E-state index contributed by atoms with van der Waals surface area (Å²) in [4.78, 5) is 0. The summed E-state index contributed by atoms with van der Waals surface area (Å²) >= 11 is 0. The molecule has 0 aliphatic rings. The van der Waals surface area contributed by atoms with Crippen LogP contribution in [0.25, 0.3) is 0 Å². The summed E-state index contributed by atoms with van der Waals surface area (Å²) in [6.45, 7) is 2.08. The molecule has 4 aromatic rings. The SMILES string of the molecule is CCCP(=NP(=NC)(Oc1ccccc1)Oc1ccccc1)(Oc1ccccc1)Oc1ccccc1. The van der Waals surface area contributed by atoms with Crippen molar-refractivity contribution in [2.45, 2.75) is 13.3 Å². The lowest BCUT2D eigenvalue weighted by atomic mass is 10.3. The van der Waals surface area contributed by atoms with E-state index in [9.17, 15) is 0 Å². The van der Waals surface area contributed by atoms with E-state index in [1.54, 1.807) is 7.05 Å². The summed E-state index contributed by atoms with van der Waals surface area (Å²) in [5.41, 5.74) is 0. The second-order valence-electron chi connectivity index (χ2n) is 7.76. The first-order chi connectivity index (χ1) is 17.6. The van der Waals surface area contributed by atoms with Crippen LogP contribution in [0.3, 0.4) is 0 Å². The number of para-hydroxylation sites is 4. The third-order valence-corrected chi connectivity index (χ3v) is 10.3. The van der Waals surface area contributed by atoms with E-state index in [2.05, 4.69) is 11.7 Å². The molecule has 0 N–H and O–H groups in total. The van der Waals surface area contributed by atoms with Crippen LogP contribution >= 0.6 is 15.2 Å². The summed E-state index contributed by atoms with van der Waals surface area (Å²) in [6, 6.07) is 38.1. The number of rotatable bonds is 11. The predicted octanol–water partition coefficient (Wildman–Crippen LogP) is 9.32. The van der Waals surface area contributed by atoms with Gasteiger partial charge in [0.25, 0.3) is 0 Å². The highest BCUT2D eigenvalue weighted by atomic mass is 31.2. The largest absolute Gasteiger partial charge is 0.448 e. The van der Waals surface area contributed by atoms with Crippen LogP contribution in [0.15, 0.2) is 131 Å². The maximum atomic E-state index is 6.61. The fraction of sp³-hybridized carbons (Fsp3) is 0.143. The minimum Gasteiger partial charge on any atom is -0.430 e. The molecule has 0 fully saturated rings. The first-order valence-electron chi connectivity index (χ1n) is 11.8. The van der Waals surface area contributed by atoms with Gasteiger partial charge in [0.15, 0.2) is 0 Å². The normalized spacial score (nSPS) is 11.3. The zero-order valence-electron chi connectivity index (χ0n) is 20.4.